The van der Waals surface area contributed by atoms with Crippen LogP contribution in [0.15, 0.2) is 60.8 Å². The fraction of sp³-hybridized carbons (Fsp3) is 0.780. The van der Waals surface area contributed by atoms with Crippen LogP contribution in [0.2, 0.25) is 0 Å². The van der Waals surface area contributed by atoms with Crippen molar-refractivity contribution in [2.24, 2.45) is 0 Å². The molecule has 0 heterocycles. The molecule has 65 heavy (non-hydrogen) atoms. The second-order valence-electron chi connectivity index (χ2n) is 18.6. The van der Waals surface area contributed by atoms with Crippen LogP contribution in [0.5, 0.6) is 0 Å². The Hall–Kier alpha value is -2.89. The van der Waals surface area contributed by atoms with Gasteiger partial charge in [-0.2, -0.15) is 0 Å². The molecule has 0 spiro atoms. The summed E-state index contributed by atoms with van der Waals surface area (Å²) in [6, 6.07) is 0. The minimum absolute atomic E-state index is 0.0778. The number of carbonyl (C=O) groups is 3. The third kappa shape index (κ3) is 51.9. The Kier molecular flexibility index (Phi) is 51.3. The molecule has 0 rings (SSSR count). The Morgan fingerprint density at radius 1 is 0.323 bits per heavy atom. The maximum atomic E-state index is 12.8. The van der Waals surface area contributed by atoms with Gasteiger partial charge in [-0.15, -0.1) is 0 Å². The number of ether oxygens (including phenoxy) is 3. The molecule has 0 aromatic carbocycles. The maximum absolute atomic E-state index is 12.8. The van der Waals surface area contributed by atoms with Crippen molar-refractivity contribution < 1.29 is 28.6 Å². The number of hydrogen-bond donors (Lipinski definition) is 0. The standard InChI is InChI=1S/C59H104O6/c1-4-7-10-13-16-19-22-25-27-28-29-30-32-34-37-40-43-46-49-52-58(61)64-55-56(54-63-57(60)51-48-45-42-39-36-33-24-21-18-15-12-9-6-3)65-59(62)53-50-47-44-41-38-35-31-26-23-20-17-14-11-8-5-2/h8,11,14,16-17,19-20,22-23,25,56H,4-7,9-10,12-13,15,18,21,24,26-55H2,1-3H3/b11-8-,17-14-,19-16-,23-20-,25-22-. The summed E-state index contributed by atoms with van der Waals surface area (Å²) in [5.74, 6) is -0.884. The second-order valence-corrected chi connectivity index (χ2v) is 18.6. The average molecular weight is 909 g/mol. The summed E-state index contributed by atoms with van der Waals surface area (Å²) in [5.41, 5.74) is 0. The van der Waals surface area contributed by atoms with E-state index in [1.54, 1.807) is 0 Å². The molecule has 1 unspecified atom stereocenters. The van der Waals surface area contributed by atoms with E-state index >= 15 is 0 Å². The molecule has 0 aromatic heterocycles. The van der Waals surface area contributed by atoms with Gasteiger partial charge >= 0.3 is 17.9 Å². The van der Waals surface area contributed by atoms with Crippen molar-refractivity contribution in [2.45, 2.75) is 284 Å². The van der Waals surface area contributed by atoms with Crippen LogP contribution in [0, 0.1) is 0 Å². The molecule has 0 radical (unpaired) electrons. The first kappa shape index (κ1) is 62.1. The Morgan fingerprint density at radius 2 is 0.600 bits per heavy atom. The van der Waals surface area contributed by atoms with Crippen LogP contribution in [0.4, 0.5) is 0 Å². The van der Waals surface area contributed by atoms with Gasteiger partial charge in [-0.25, -0.2) is 0 Å². The van der Waals surface area contributed by atoms with E-state index in [1.165, 1.54) is 167 Å². The van der Waals surface area contributed by atoms with Crippen LogP contribution in [0.25, 0.3) is 0 Å². The van der Waals surface area contributed by atoms with E-state index < -0.39 is 6.10 Å². The van der Waals surface area contributed by atoms with Crippen molar-refractivity contribution in [3.05, 3.63) is 60.8 Å². The lowest BCUT2D eigenvalue weighted by Crippen LogP contribution is -2.30. The molecule has 0 aliphatic heterocycles. The van der Waals surface area contributed by atoms with E-state index in [9.17, 15) is 14.4 Å². The van der Waals surface area contributed by atoms with Crippen molar-refractivity contribution >= 4 is 17.9 Å². The van der Waals surface area contributed by atoms with Gasteiger partial charge in [-0.1, -0.05) is 255 Å². The lowest BCUT2D eigenvalue weighted by Gasteiger charge is -2.18. The van der Waals surface area contributed by atoms with Gasteiger partial charge < -0.3 is 14.2 Å². The summed E-state index contributed by atoms with van der Waals surface area (Å²) < 4.78 is 16.8. The van der Waals surface area contributed by atoms with Crippen molar-refractivity contribution in [3.8, 4) is 0 Å². The zero-order valence-electron chi connectivity index (χ0n) is 43.0. The molecule has 6 nitrogen and oxygen atoms in total. The van der Waals surface area contributed by atoms with E-state index in [0.29, 0.717) is 19.3 Å². The minimum atomic E-state index is -0.780. The van der Waals surface area contributed by atoms with Gasteiger partial charge in [-0.3, -0.25) is 14.4 Å². The normalized spacial score (nSPS) is 12.5. The summed E-state index contributed by atoms with van der Waals surface area (Å²) in [4.78, 5) is 38.1. The highest BCUT2D eigenvalue weighted by Crippen LogP contribution is 2.16. The zero-order valence-corrected chi connectivity index (χ0v) is 43.0. The predicted molar refractivity (Wildman–Crippen MR) is 279 cm³/mol. The number of carbonyl (C=O) groups excluding carboxylic acids is 3. The van der Waals surface area contributed by atoms with E-state index in [1.807, 2.05) is 0 Å². The highest BCUT2D eigenvalue weighted by molar-refractivity contribution is 5.71. The number of hydrogen-bond acceptors (Lipinski definition) is 6. The molecule has 376 valence electrons. The SMILES string of the molecule is CC\C=C/C=C\C=C/CCCCCCCCCC(=O)OC(COC(=O)CCCCCCCCCCCC/C=C\C=C/CCCCC)COC(=O)CCCCCCCCCCCCCCC. The summed E-state index contributed by atoms with van der Waals surface area (Å²) >= 11 is 0. The van der Waals surface area contributed by atoms with Crippen LogP contribution in [0.1, 0.15) is 278 Å². The van der Waals surface area contributed by atoms with Crippen molar-refractivity contribution in [3.63, 3.8) is 0 Å². The summed E-state index contributed by atoms with van der Waals surface area (Å²) in [7, 11) is 0. The molecule has 0 saturated carbocycles. The molecule has 0 saturated heterocycles. The molecule has 0 bridgehead atoms. The summed E-state index contributed by atoms with van der Waals surface area (Å²) in [6.07, 6.45) is 66.3. The summed E-state index contributed by atoms with van der Waals surface area (Å²) in [5, 5.41) is 0. The number of esters is 3. The molecule has 0 aliphatic rings. The first-order chi connectivity index (χ1) is 32.0. The molecular weight excluding hydrogens is 805 g/mol. The van der Waals surface area contributed by atoms with Crippen LogP contribution in [-0.4, -0.2) is 37.2 Å². The third-order valence-electron chi connectivity index (χ3n) is 12.1. The van der Waals surface area contributed by atoms with Crippen LogP contribution >= 0.6 is 0 Å². The van der Waals surface area contributed by atoms with Gasteiger partial charge in [0.15, 0.2) is 6.10 Å². The Bertz CT molecular complexity index is 1180. The van der Waals surface area contributed by atoms with Gasteiger partial charge in [0.05, 0.1) is 0 Å². The maximum Gasteiger partial charge on any atom is 0.306 e. The topological polar surface area (TPSA) is 78.9 Å². The van der Waals surface area contributed by atoms with Gasteiger partial charge in [0.1, 0.15) is 13.2 Å². The monoisotopic (exact) mass is 909 g/mol. The third-order valence-corrected chi connectivity index (χ3v) is 12.1. The van der Waals surface area contributed by atoms with E-state index in [4.69, 9.17) is 14.2 Å². The molecule has 0 fully saturated rings. The highest BCUT2D eigenvalue weighted by Gasteiger charge is 2.19. The lowest BCUT2D eigenvalue weighted by atomic mass is 10.0. The zero-order chi connectivity index (χ0) is 47.2. The summed E-state index contributed by atoms with van der Waals surface area (Å²) in [6.45, 7) is 6.49. The molecule has 0 amide bonds. The van der Waals surface area contributed by atoms with Gasteiger partial charge in [0, 0.05) is 19.3 Å². The van der Waals surface area contributed by atoms with E-state index in [0.717, 1.165) is 70.6 Å². The van der Waals surface area contributed by atoms with Crippen LogP contribution < -0.4 is 0 Å². The molecule has 0 N–H and O–H groups in total. The van der Waals surface area contributed by atoms with Gasteiger partial charge in [0.2, 0.25) is 0 Å². The Morgan fingerprint density at radius 3 is 0.969 bits per heavy atom. The second kappa shape index (κ2) is 53.7. The van der Waals surface area contributed by atoms with E-state index in [-0.39, 0.29) is 31.1 Å². The predicted octanol–water partition coefficient (Wildman–Crippen LogP) is 18.4. The van der Waals surface area contributed by atoms with Gasteiger partial charge in [0.25, 0.3) is 0 Å². The average Bonchev–Trinajstić information content (AvgIpc) is 3.30. The Balaban J connectivity index is 4.35. The van der Waals surface area contributed by atoms with Gasteiger partial charge in [-0.05, 0) is 64.2 Å². The Labute approximate surface area is 402 Å². The van der Waals surface area contributed by atoms with Crippen LogP contribution in [0.3, 0.4) is 0 Å². The number of rotatable bonds is 50. The first-order valence-corrected chi connectivity index (χ1v) is 27.8. The largest absolute Gasteiger partial charge is 0.462 e. The van der Waals surface area contributed by atoms with Crippen LogP contribution in [-0.2, 0) is 28.6 Å². The highest BCUT2D eigenvalue weighted by atomic mass is 16.6. The smallest absolute Gasteiger partial charge is 0.306 e. The molecular formula is C59H104O6. The fourth-order valence-corrected chi connectivity index (χ4v) is 7.90. The molecule has 0 aromatic rings. The molecule has 6 heteroatoms. The number of allylic oxidation sites excluding steroid dienone is 10. The van der Waals surface area contributed by atoms with E-state index in [2.05, 4.69) is 81.5 Å². The fourth-order valence-electron chi connectivity index (χ4n) is 7.90. The van der Waals surface area contributed by atoms with Crippen molar-refractivity contribution in [1.29, 1.82) is 0 Å². The molecule has 0 aliphatic carbocycles. The quantitative estimate of drug-likeness (QED) is 0.0262. The first-order valence-electron chi connectivity index (χ1n) is 27.8. The minimum Gasteiger partial charge on any atom is -0.462 e. The number of unbranched alkanes of at least 4 members (excludes halogenated alkanes) is 32. The van der Waals surface area contributed by atoms with Crippen molar-refractivity contribution in [1.82, 2.24) is 0 Å². The van der Waals surface area contributed by atoms with Crippen molar-refractivity contribution in [2.75, 3.05) is 13.2 Å². The lowest BCUT2D eigenvalue weighted by molar-refractivity contribution is -0.167. The molecule has 1 atom stereocenters.